The van der Waals surface area contributed by atoms with Crippen molar-refractivity contribution in [3.05, 3.63) is 23.8 Å². The Balaban J connectivity index is 3.24. The Morgan fingerprint density at radius 2 is 2.00 bits per heavy atom. The molecule has 0 heterocycles. The van der Waals surface area contributed by atoms with Gasteiger partial charge in [0, 0.05) is 25.8 Å². The number of hydrogen-bond acceptors (Lipinski definition) is 4. The number of carbonyl (C=O) groups excluding carboxylic acids is 1. The second-order valence-electron chi connectivity index (χ2n) is 3.65. The molecule has 0 aliphatic heterocycles. The highest BCUT2D eigenvalue weighted by Gasteiger charge is 2.15. The second-order valence-corrected chi connectivity index (χ2v) is 3.65. The maximum atomic E-state index is 11.7. The van der Waals surface area contributed by atoms with Crippen molar-refractivity contribution in [3.8, 4) is 0 Å². The van der Waals surface area contributed by atoms with Crippen molar-refractivity contribution in [3.63, 3.8) is 0 Å². The number of carbonyl (C=O) groups is 1. The Kier molecular flexibility index (Phi) is 4.82. The fraction of sp³-hybridized carbons (Fsp3) is 0.462. The molecule has 0 spiro atoms. The van der Waals surface area contributed by atoms with E-state index in [0.29, 0.717) is 5.56 Å². The zero-order valence-electron chi connectivity index (χ0n) is 10.9. The molecule has 0 aliphatic rings. The predicted molar refractivity (Wildman–Crippen MR) is 70.9 cm³/mol. The summed E-state index contributed by atoms with van der Waals surface area (Å²) in [5.74, 6) is -0.297. The van der Waals surface area contributed by atoms with Crippen LogP contribution in [-0.2, 0) is 4.74 Å². The van der Waals surface area contributed by atoms with Gasteiger partial charge in [-0.3, -0.25) is 0 Å². The molecule has 0 unspecified atom stereocenters. The molecule has 1 N–H and O–H groups in total. The Bertz CT molecular complexity index is 387. The van der Waals surface area contributed by atoms with Crippen LogP contribution in [0.5, 0.6) is 0 Å². The molecule has 17 heavy (non-hydrogen) atoms. The van der Waals surface area contributed by atoms with E-state index in [1.807, 2.05) is 19.2 Å². The molecule has 4 heteroatoms. The second kappa shape index (κ2) is 6.13. The van der Waals surface area contributed by atoms with Crippen LogP contribution in [0.3, 0.4) is 0 Å². The molecule has 0 saturated carbocycles. The minimum Gasteiger partial charge on any atom is -0.465 e. The van der Waals surface area contributed by atoms with Crippen molar-refractivity contribution < 1.29 is 9.53 Å². The summed E-state index contributed by atoms with van der Waals surface area (Å²) in [5.41, 5.74) is 2.50. The van der Waals surface area contributed by atoms with Crippen LogP contribution in [-0.4, -0.2) is 33.2 Å². The Hall–Kier alpha value is -1.71. The van der Waals surface area contributed by atoms with Gasteiger partial charge in [0.15, 0.2) is 0 Å². The standard InChI is InChI=1S/C13H20N2O2/c1-5-15(6-2)12-9-10(14-3)7-8-11(12)13(16)17-4/h7-9,14H,5-6H2,1-4H3. The van der Waals surface area contributed by atoms with Gasteiger partial charge in [0.2, 0.25) is 0 Å². The lowest BCUT2D eigenvalue weighted by molar-refractivity contribution is 0.0601. The molecule has 0 radical (unpaired) electrons. The van der Waals surface area contributed by atoms with Gasteiger partial charge in [0.05, 0.1) is 18.4 Å². The van der Waals surface area contributed by atoms with E-state index < -0.39 is 0 Å². The first-order chi connectivity index (χ1) is 8.17. The molecule has 1 rings (SSSR count). The number of esters is 1. The van der Waals surface area contributed by atoms with Crippen LogP contribution in [0, 0.1) is 0 Å². The Morgan fingerprint density at radius 3 is 2.47 bits per heavy atom. The molecule has 4 nitrogen and oxygen atoms in total. The number of nitrogens with one attached hydrogen (secondary N) is 1. The summed E-state index contributed by atoms with van der Waals surface area (Å²) in [4.78, 5) is 13.8. The van der Waals surface area contributed by atoms with Crippen molar-refractivity contribution in [1.82, 2.24) is 0 Å². The topological polar surface area (TPSA) is 41.6 Å². The van der Waals surface area contributed by atoms with Crippen LogP contribution < -0.4 is 10.2 Å². The first-order valence-electron chi connectivity index (χ1n) is 5.82. The lowest BCUT2D eigenvalue weighted by atomic mass is 10.1. The van der Waals surface area contributed by atoms with E-state index in [2.05, 4.69) is 24.1 Å². The van der Waals surface area contributed by atoms with Crippen molar-refractivity contribution in [2.45, 2.75) is 13.8 Å². The van der Waals surface area contributed by atoms with Gasteiger partial charge in [0.25, 0.3) is 0 Å². The Morgan fingerprint density at radius 1 is 1.35 bits per heavy atom. The minimum atomic E-state index is -0.297. The summed E-state index contributed by atoms with van der Waals surface area (Å²) in [7, 11) is 3.26. The highest BCUT2D eigenvalue weighted by atomic mass is 16.5. The third-order valence-electron chi connectivity index (χ3n) is 2.80. The number of benzene rings is 1. The number of nitrogens with zero attached hydrogens (tertiary/aromatic N) is 1. The summed E-state index contributed by atoms with van der Waals surface area (Å²) in [6.45, 7) is 5.84. The monoisotopic (exact) mass is 236 g/mol. The number of rotatable bonds is 5. The van der Waals surface area contributed by atoms with Crippen molar-refractivity contribution >= 4 is 17.3 Å². The average Bonchev–Trinajstić information content (AvgIpc) is 2.39. The van der Waals surface area contributed by atoms with E-state index in [1.54, 1.807) is 6.07 Å². The third kappa shape index (κ3) is 2.90. The molecule has 94 valence electrons. The summed E-state index contributed by atoms with van der Waals surface area (Å²) < 4.78 is 4.80. The molecule has 0 fully saturated rings. The number of hydrogen-bond donors (Lipinski definition) is 1. The van der Waals surface area contributed by atoms with Gasteiger partial charge in [-0.2, -0.15) is 0 Å². The molecule has 1 aromatic carbocycles. The molecule has 0 saturated heterocycles. The van der Waals surface area contributed by atoms with Gasteiger partial charge in [0.1, 0.15) is 0 Å². The van der Waals surface area contributed by atoms with Gasteiger partial charge in [-0.25, -0.2) is 4.79 Å². The van der Waals surface area contributed by atoms with E-state index >= 15 is 0 Å². The highest BCUT2D eigenvalue weighted by Crippen LogP contribution is 2.25. The quantitative estimate of drug-likeness (QED) is 0.797. The predicted octanol–water partition coefficient (Wildman–Crippen LogP) is 2.36. The Labute approximate surface area is 103 Å². The van der Waals surface area contributed by atoms with Crippen LogP contribution >= 0.6 is 0 Å². The van der Waals surface area contributed by atoms with Crippen molar-refractivity contribution in [2.75, 3.05) is 37.5 Å². The largest absolute Gasteiger partial charge is 0.465 e. The lowest BCUT2D eigenvalue weighted by Gasteiger charge is -2.24. The van der Waals surface area contributed by atoms with Crippen molar-refractivity contribution in [2.24, 2.45) is 0 Å². The van der Waals surface area contributed by atoms with E-state index in [-0.39, 0.29) is 5.97 Å². The van der Waals surface area contributed by atoms with Crippen LogP contribution in [0.1, 0.15) is 24.2 Å². The maximum Gasteiger partial charge on any atom is 0.339 e. The number of methoxy groups -OCH3 is 1. The molecule has 0 aliphatic carbocycles. The molecule has 0 amide bonds. The van der Waals surface area contributed by atoms with E-state index in [0.717, 1.165) is 24.5 Å². The van der Waals surface area contributed by atoms with Crippen LogP contribution in [0.25, 0.3) is 0 Å². The zero-order chi connectivity index (χ0) is 12.8. The highest BCUT2D eigenvalue weighted by molar-refractivity contribution is 5.96. The molecule has 0 bridgehead atoms. The molecule has 0 atom stereocenters. The fourth-order valence-electron chi connectivity index (χ4n) is 1.80. The summed E-state index contributed by atoms with van der Waals surface area (Å²) in [5, 5.41) is 3.08. The van der Waals surface area contributed by atoms with E-state index in [1.165, 1.54) is 7.11 Å². The third-order valence-corrected chi connectivity index (χ3v) is 2.80. The van der Waals surface area contributed by atoms with Gasteiger partial charge >= 0.3 is 5.97 Å². The smallest absolute Gasteiger partial charge is 0.339 e. The number of anilines is 2. The van der Waals surface area contributed by atoms with Crippen molar-refractivity contribution in [1.29, 1.82) is 0 Å². The minimum absolute atomic E-state index is 0.297. The van der Waals surface area contributed by atoms with E-state index in [9.17, 15) is 4.79 Å². The van der Waals surface area contributed by atoms with Gasteiger partial charge < -0.3 is 15.0 Å². The van der Waals surface area contributed by atoms with Gasteiger partial charge in [-0.15, -0.1) is 0 Å². The van der Waals surface area contributed by atoms with Gasteiger partial charge in [-0.1, -0.05) is 0 Å². The van der Waals surface area contributed by atoms with Crippen LogP contribution in [0.15, 0.2) is 18.2 Å². The first kappa shape index (κ1) is 13.4. The average molecular weight is 236 g/mol. The molecule has 1 aromatic rings. The normalized spacial score (nSPS) is 9.88. The first-order valence-corrected chi connectivity index (χ1v) is 5.82. The molecule has 0 aromatic heterocycles. The summed E-state index contributed by atoms with van der Waals surface area (Å²) >= 11 is 0. The molecular weight excluding hydrogens is 216 g/mol. The SMILES string of the molecule is CCN(CC)c1cc(NC)ccc1C(=O)OC. The lowest BCUT2D eigenvalue weighted by Crippen LogP contribution is -2.24. The maximum absolute atomic E-state index is 11.7. The summed E-state index contributed by atoms with van der Waals surface area (Å²) in [6.07, 6.45) is 0. The zero-order valence-corrected chi connectivity index (χ0v) is 10.9. The van der Waals surface area contributed by atoms with Crippen LogP contribution in [0.4, 0.5) is 11.4 Å². The number of ether oxygens (including phenoxy) is 1. The fourth-order valence-corrected chi connectivity index (χ4v) is 1.80. The summed E-state index contributed by atoms with van der Waals surface area (Å²) in [6, 6.07) is 5.64. The van der Waals surface area contributed by atoms with Crippen LogP contribution in [0.2, 0.25) is 0 Å². The van der Waals surface area contributed by atoms with E-state index in [4.69, 9.17) is 4.74 Å². The van der Waals surface area contributed by atoms with Gasteiger partial charge in [-0.05, 0) is 32.0 Å². The molecular formula is C13H20N2O2.